The Kier molecular flexibility index (Phi) is 6.41. The van der Waals surface area contributed by atoms with Crippen LogP contribution in [0.15, 0.2) is 59.7 Å². The molecule has 0 aliphatic heterocycles. The molecule has 0 radical (unpaired) electrons. The maximum atomic E-state index is 12.2. The van der Waals surface area contributed by atoms with Gasteiger partial charge in [-0.1, -0.05) is 37.3 Å². The van der Waals surface area contributed by atoms with Crippen LogP contribution in [0.4, 0.5) is 5.69 Å². The number of hydrogen-bond donors (Lipinski definition) is 1. The molecule has 0 spiro atoms. The van der Waals surface area contributed by atoms with Crippen molar-refractivity contribution in [1.29, 1.82) is 0 Å². The number of hydrogen-bond acceptors (Lipinski definition) is 4. The Labute approximate surface area is 175 Å². The third-order valence-electron chi connectivity index (χ3n) is 5.01. The average molecular weight is 404 g/mol. The molecule has 0 fully saturated rings. The molecular formula is C23H24N4O3. The van der Waals surface area contributed by atoms with Crippen LogP contribution in [-0.4, -0.2) is 21.6 Å². The smallest absolute Gasteiger partial charge is 0.273 e. The highest BCUT2D eigenvalue weighted by Gasteiger charge is 2.15. The molecule has 7 nitrogen and oxygen atoms in total. The summed E-state index contributed by atoms with van der Waals surface area (Å²) in [6.07, 6.45) is 2.47. The number of carbonyl (C=O) groups is 1. The number of nitro groups is 1. The lowest BCUT2D eigenvalue weighted by atomic mass is 10.1. The van der Waals surface area contributed by atoms with E-state index in [0.717, 1.165) is 29.1 Å². The van der Waals surface area contributed by atoms with Crippen molar-refractivity contribution in [3.05, 3.63) is 92.8 Å². The summed E-state index contributed by atoms with van der Waals surface area (Å²) in [5.41, 5.74) is 8.04. The monoisotopic (exact) mass is 404 g/mol. The van der Waals surface area contributed by atoms with Crippen LogP contribution < -0.4 is 5.43 Å². The van der Waals surface area contributed by atoms with E-state index in [9.17, 15) is 14.9 Å². The molecule has 0 aliphatic rings. The number of nitrogens with zero attached hydrogens (tertiary/aromatic N) is 3. The van der Waals surface area contributed by atoms with Gasteiger partial charge in [-0.3, -0.25) is 14.9 Å². The second-order valence-corrected chi connectivity index (χ2v) is 7.04. The zero-order valence-electron chi connectivity index (χ0n) is 17.3. The fourth-order valence-electron chi connectivity index (χ4n) is 3.42. The summed E-state index contributed by atoms with van der Waals surface area (Å²) in [7, 11) is 0. The molecule has 1 heterocycles. The number of nitrogens with one attached hydrogen (secondary N) is 1. The predicted molar refractivity (Wildman–Crippen MR) is 117 cm³/mol. The van der Waals surface area contributed by atoms with E-state index in [1.807, 2.05) is 19.9 Å². The third-order valence-corrected chi connectivity index (χ3v) is 5.01. The van der Waals surface area contributed by atoms with E-state index in [0.29, 0.717) is 5.56 Å². The molecule has 0 aliphatic carbocycles. The lowest BCUT2D eigenvalue weighted by Gasteiger charge is -2.10. The summed E-state index contributed by atoms with van der Waals surface area (Å²) >= 11 is 0. The van der Waals surface area contributed by atoms with Gasteiger partial charge in [-0.15, -0.1) is 0 Å². The normalized spacial score (nSPS) is 11.0. The van der Waals surface area contributed by atoms with Crippen molar-refractivity contribution in [2.24, 2.45) is 5.10 Å². The maximum absolute atomic E-state index is 12.2. The van der Waals surface area contributed by atoms with Crippen LogP contribution in [0.25, 0.3) is 5.69 Å². The molecule has 154 valence electrons. The lowest BCUT2D eigenvalue weighted by molar-refractivity contribution is -0.385. The van der Waals surface area contributed by atoms with Crippen LogP contribution in [0.5, 0.6) is 0 Å². The van der Waals surface area contributed by atoms with E-state index in [1.165, 1.54) is 11.6 Å². The van der Waals surface area contributed by atoms with Crippen LogP contribution in [0, 0.1) is 24.0 Å². The van der Waals surface area contributed by atoms with Crippen molar-refractivity contribution in [1.82, 2.24) is 9.99 Å². The van der Waals surface area contributed by atoms with Gasteiger partial charge in [-0.05, 0) is 44.0 Å². The topological polar surface area (TPSA) is 89.5 Å². The van der Waals surface area contributed by atoms with Crippen molar-refractivity contribution in [2.45, 2.75) is 33.6 Å². The molecule has 1 amide bonds. The average Bonchev–Trinajstić information content (AvgIpc) is 3.01. The first-order valence-electron chi connectivity index (χ1n) is 9.73. The molecular weight excluding hydrogens is 380 g/mol. The van der Waals surface area contributed by atoms with Gasteiger partial charge in [0, 0.05) is 34.3 Å². The van der Waals surface area contributed by atoms with E-state index in [-0.39, 0.29) is 12.1 Å². The van der Waals surface area contributed by atoms with Gasteiger partial charge in [0.05, 0.1) is 17.6 Å². The molecule has 1 aromatic heterocycles. The van der Waals surface area contributed by atoms with Gasteiger partial charge >= 0.3 is 0 Å². The molecule has 3 aromatic rings. The molecule has 0 saturated carbocycles. The molecule has 30 heavy (non-hydrogen) atoms. The van der Waals surface area contributed by atoms with Crippen LogP contribution >= 0.6 is 0 Å². The van der Waals surface area contributed by atoms with E-state index in [4.69, 9.17) is 0 Å². The largest absolute Gasteiger partial charge is 0.318 e. The van der Waals surface area contributed by atoms with Gasteiger partial charge < -0.3 is 4.57 Å². The van der Waals surface area contributed by atoms with E-state index in [2.05, 4.69) is 46.3 Å². The Morgan fingerprint density at radius 2 is 1.87 bits per heavy atom. The molecule has 0 atom stereocenters. The number of aromatic nitrogens is 1. The maximum Gasteiger partial charge on any atom is 0.273 e. The second-order valence-electron chi connectivity index (χ2n) is 7.04. The van der Waals surface area contributed by atoms with Gasteiger partial charge in [0.1, 0.15) is 0 Å². The number of hydrazone groups is 1. The van der Waals surface area contributed by atoms with Crippen molar-refractivity contribution in [3.8, 4) is 5.69 Å². The Morgan fingerprint density at radius 3 is 2.53 bits per heavy atom. The van der Waals surface area contributed by atoms with Gasteiger partial charge in [0.15, 0.2) is 0 Å². The fraction of sp³-hybridized carbons (Fsp3) is 0.217. The fourth-order valence-corrected chi connectivity index (χ4v) is 3.42. The van der Waals surface area contributed by atoms with E-state index in [1.54, 1.807) is 24.4 Å². The number of rotatable bonds is 7. The summed E-state index contributed by atoms with van der Waals surface area (Å²) in [4.78, 5) is 22.7. The second kappa shape index (κ2) is 9.17. The molecule has 0 unspecified atom stereocenters. The van der Waals surface area contributed by atoms with Crippen LogP contribution in [0.3, 0.4) is 0 Å². The number of para-hydroxylation sites is 1. The zero-order chi connectivity index (χ0) is 21.7. The summed E-state index contributed by atoms with van der Waals surface area (Å²) in [5.74, 6) is -0.412. The molecule has 0 saturated heterocycles. The first-order chi connectivity index (χ1) is 14.4. The van der Waals surface area contributed by atoms with Crippen LogP contribution in [0.2, 0.25) is 0 Å². The molecule has 3 rings (SSSR count). The Morgan fingerprint density at radius 1 is 1.17 bits per heavy atom. The first kappa shape index (κ1) is 21.0. The molecule has 0 bridgehead atoms. The van der Waals surface area contributed by atoms with E-state index < -0.39 is 10.8 Å². The van der Waals surface area contributed by atoms with E-state index >= 15 is 0 Å². The Bertz CT molecular complexity index is 1100. The predicted octanol–water partition coefficient (Wildman–Crippen LogP) is 4.26. The first-order valence-corrected chi connectivity index (χ1v) is 9.73. The molecule has 2 aromatic carbocycles. The minimum atomic E-state index is -0.492. The summed E-state index contributed by atoms with van der Waals surface area (Å²) < 4.78 is 2.13. The van der Waals surface area contributed by atoms with Crippen LogP contribution in [-0.2, 0) is 17.6 Å². The minimum Gasteiger partial charge on any atom is -0.318 e. The Balaban J connectivity index is 1.71. The number of aryl methyl sites for hydroxylation is 2. The third kappa shape index (κ3) is 4.63. The number of carbonyl (C=O) groups excluding carboxylic acids is 1. The highest BCUT2D eigenvalue weighted by molar-refractivity contribution is 5.85. The summed E-state index contributed by atoms with van der Waals surface area (Å²) in [6.45, 7) is 6.14. The SMILES string of the molecule is CCc1ccc(-n2c(C)cc(C=NNC(=O)Cc3ccccc3[N+](=O)[O-])c2C)cc1. The minimum absolute atomic E-state index is 0.0748. The number of benzene rings is 2. The number of amides is 1. The van der Waals surface area contributed by atoms with Gasteiger partial charge in [-0.2, -0.15) is 5.10 Å². The zero-order valence-corrected chi connectivity index (χ0v) is 17.3. The standard InChI is InChI=1S/C23H24N4O3/c1-4-18-9-11-21(12-10-18)26-16(2)13-20(17(26)3)15-24-25-23(28)14-19-7-5-6-8-22(19)27(29)30/h5-13,15H,4,14H2,1-3H3,(H,25,28). The van der Waals surface area contributed by atoms with Gasteiger partial charge in [0.25, 0.3) is 5.69 Å². The molecule has 1 N–H and O–H groups in total. The van der Waals surface area contributed by atoms with Gasteiger partial charge in [-0.25, -0.2) is 5.43 Å². The summed E-state index contributed by atoms with van der Waals surface area (Å²) in [5, 5.41) is 15.1. The quantitative estimate of drug-likeness (QED) is 0.362. The van der Waals surface area contributed by atoms with Crippen LogP contribution in [0.1, 0.15) is 35.0 Å². The van der Waals surface area contributed by atoms with Crippen molar-refractivity contribution < 1.29 is 9.72 Å². The highest BCUT2D eigenvalue weighted by atomic mass is 16.6. The summed E-state index contributed by atoms with van der Waals surface area (Å²) in [6, 6.07) is 16.6. The lowest BCUT2D eigenvalue weighted by Crippen LogP contribution is -2.20. The molecule has 7 heteroatoms. The van der Waals surface area contributed by atoms with Gasteiger partial charge in [0.2, 0.25) is 5.91 Å². The van der Waals surface area contributed by atoms with Crippen molar-refractivity contribution >= 4 is 17.8 Å². The number of nitro benzene ring substituents is 1. The highest BCUT2D eigenvalue weighted by Crippen LogP contribution is 2.21. The van der Waals surface area contributed by atoms with Crippen molar-refractivity contribution in [3.63, 3.8) is 0 Å². The van der Waals surface area contributed by atoms with Crippen molar-refractivity contribution in [2.75, 3.05) is 0 Å². The Hall–Kier alpha value is -3.74.